The number of benzene rings is 2. The number of hydrogen-bond acceptors (Lipinski definition) is 6. The number of carboxylic acids is 1. The summed E-state index contributed by atoms with van der Waals surface area (Å²) in [6.07, 6.45) is 1.60. The summed E-state index contributed by atoms with van der Waals surface area (Å²) in [5.41, 5.74) is 0.681. The van der Waals surface area contributed by atoms with Crippen LogP contribution in [-0.4, -0.2) is 57.0 Å². The molecule has 0 heterocycles. The minimum absolute atomic E-state index is 0.235. The first-order valence-electron chi connectivity index (χ1n) is 9.34. The smallest absolute Gasteiger partial charge is 0.335 e. The number of carbonyl (C=O) groups excluding carboxylic acids is 1. The van der Waals surface area contributed by atoms with Crippen molar-refractivity contribution < 1.29 is 33.6 Å². The van der Waals surface area contributed by atoms with Crippen LogP contribution in [0.5, 0.6) is 11.5 Å². The second kappa shape index (κ2) is 15.3. The molecule has 2 aromatic carbocycles. The van der Waals surface area contributed by atoms with E-state index < -0.39 is 11.2 Å². The first kappa shape index (κ1) is 25.4. The molecular weight excluding hydrogens is 412 g/mol. The third-order valence-electron chi connectivity index (χ3n) is 3.67. The lowest BCUT2D eigenvalue weighted by atomic mass is 10.2. The van der Waals surface area contributed by atoms with Crippen molar-refractivity contribution >= 4 is 22.8 Å². The van der Waals surface area contributed by atoms with Crippen molar-refractivity contribution in [2.45, 2.75) is 12.8 Å². The van der Waals surface area contributed by atoms with Crippen LogP contribution in [0.1, 0.15) is 33.6 Å². The molecule has 0 saturated heterocycles. The molecule has 0 aromatic heterocycles. The number of hydrogen-bond donors (Lipinski definition) is 1. The highest BCUT2D eigenvalue weighted by Crippen LogP contribution is 2.15. The Morgan fingerprint density at radius 3 is 1.70 bits per heavy atom. The SMILES string of the molecule is COCCCOc1cccc(C(=O)Cl)c1.COCCCOc1cccc(C(=O)O)c1. The largest absolute Gasteiger partial charge is 0.493 e. The summed E-state index contributed by atoms with van der Waals surface area (Å²) in [4.78, 5) is 21.5. The van der Waals surface area contributed by atoms with Crippen LogP contribution in [0, 0.1) is 0 Å². The van der Waals surface area contributed by atoms with Crippen molar-refractivity contribution in [1.82, 2.24) is 0 Å². The summed E-state index contributed by atoms with van der Waals surface area (Å²) in [5, 5.41) is 8.27. The molecule has 0 aliphatic heterocycles. The maximum Gasteiger partial charge on any atom is 0.335 e. The van der Waals surface area contributed by atoms with Crippen LogP contribution in [0.15, 0.2) is 48.5 Å². The molecule has 2 rings (SSSR count). The van der Waals surface area contributed by atoms with Crippen molar-refractivity contribution in [3.63, 3.8) is 0 Å². The van der Waals surface area contributed by atoms with Crippen molar-refractivity contribution in [2.24, 2.45) is 0 Å². The topological polar surface area (TPSA) is 91.3 Å². The molecule has 8 heteroatoms. The molecule has 0 saturated carbocycles. The fourth-order valence-electron chi connectivity index (χ4n) is 2.21. The Balaban J connectivity index is 0.000000300. The van der Waals surface area contributed by atoms with E-state index in [4.69, 9.17) is 35.7 Å². The van der Waals surface area contributed by atoms with Gasteiger partial charge in [-0.1, -0.05) is 12.1 Å². The molecule has 30 heavy (non-hydrogen) atoms. The Hall–Kier alpha value is -2.61. The number of ether oxygens (including phenoxy) is 4. The van der Waals surface area contributed by atoms with Crippen molar-refractivity contribution in [1.29, 1.82) is 0 Å². The Labute approximate surface area is 181 Å². The van der Waals surface area contributed by atoms with Gasteiger partial charge in [-0.05, 0) is 48.0 Å². The number of halogens is 1. The van der Waals surface area contributed by atoms with Crippen LogP contribution in [0.2, 0.25) is 0 Å². The maximum atomic E-state index is 10.9. The summed E-state index contributed by atoms with van der Waals surface area (Å²) >= 11 is 5.34. The molecule has 0 spiro atoms. The van der Waals surface area contributed by atoms with Crippen LogP contribution in [0.25, 0.3) is 0 Å². The van der Waals surface area contributed by atoms with Crippen LogP contribution in [-0.2, 0) is 9.47 Å². The molecule has 0 aliphatic rings. The van der Waals surface area contributed by atoms with Gasteiger partial charge in [0.2, 0.25) is 0 Å². The number of carboxylic acid groups (broad SMARTS) is 1. The minimum Gasteiger partial charge on any atom is -0.493 e. The van der Waals surface area contributed by atoms with Gasteiger partial charge >= 0.3 is 5.97 Å². The number of methoxy groups -OCH3 is 2. The second-order valence-electron chi connectivity index (χ2n) is 6.02. The van der Waals surface area contributed by atoms with E-state index in [0.29, 0.717) is 43.5 Å². The first-order chi connectivity index (χ1) is 14.5. The van der Waals surface area contributed by atoms with Gasteiger partial charge in [0.1, 0.15) is 11.5 Å². The van der Waals surface area contributed by atoms with Gasteiger partial charge in [-0.15, -0.1) is 0 Å². The number of rotatable bonds is 12. The lowest BCUT2D eigenvalue weighted by Gasteiger charge is -2.06. The summed E-state index contributed by atoms with van der Waals surface area (Å²) < 4.78 is 20.5. The third-order valence-corrected chi connectivity index (χ3v) is 3.88. The van der Waals surface area contributed by atoms with Crippen LogP contribution in [0.3, 0.4) is 0 Å². The summed E-state index contributed by atoms with van der Waals surface area (Å²) in [6, 6.07) is 13.2. The zero-order chi connectivity index (χ0) is 22.2. The normalized spacial score (nSPS) is 9.97. The molecule has 0 aliphatic carbocycles. The van der Waals surface area contributed by atoms with Gasteiger partial charge < -0.3 is 24.1 Å². The molecule has 164 valence electrons. The van der Waals surface area contributed by atoms with E-state index in [0.717, 1.165) is 12.8 Å². The van der Waals surface area contributed by atoms with Crippen LogP contribution in [0.4, 0.5) is 0 Å². The summed E-state index contributed by atoms with van der Waals surface area (Å²) in [6.45, 7) is 2.39. The van der Waals surface area contributed by atoms with Crippen LogP contribution < -0.4 is 9.47 Å². The van der Waals surface area contributed by atoms with E-state index >= 15 is 0 Å². The Bertz CT molecular complexity index is 714. The predicted molar refractivity (Wildman–Crippen MR) is 114 cm³/mol. The molecule has 0 radical (unpaired) electrons. The van der Waals surface area contributed by atoms with Gasteiger partial charge in [0.05, 0.1) is 18.8 Å². The lowest BCUT2D eigenvalue weighted by molar-refractivity contribution is 0.0696. The van der Waals surface area contributed by atoms with E-state index in [1.54, 1.807) is 50.6 Å². The molecule has 7 nitrogen and oxygen atoms in total. The van der Waals surface area contributed by atoms with Crippen molar-refractivity contribution in [3.8, 4) is 11.5 Å². The van der Waals surface area contributed by atoms with Gasteiger partial charge in [0.25, 0.3) is 5.24 Å². The van der Waals surface area contributed by atoms with E-state index in [1.807, 2.05) is 0 Å². The molecule has 0 bridgehead atoms. The number of carbonyl (C=O) groups is 2. The molecule has 0 unspecified atom stereocenters. The monoisotopic (exact) mass is 438 g/mol. The molecule has 2 aromatic rings. The summed E-state index contributed by atoms with van der Waals surface area (Å²) in [7, 11) is 3.28. The van der Waals surface area contributed by atoms with Gasteiger partial charge in [0, 0.05) is 45.8 Å². The highest BCUT2D eigenvalue weighted by molar-refractivity contribution is 6.67. The van der Waals surface area contributed by atoms with E-state index in [1.165, 1.54) is 12.1 Å². The van der Waals surface area contributed by atoms with Gasteiger partial charge in [0.15, 0.2) is 0 Å². The highest BCUT2D eigenvalue weighted by atomic mass is 35.5. The predicted octanol–water partition coefficient (Wildman–Crippen LogP) is 4.28. The minimum atomic E-state index is -0.947. The Morgan fingerprint density at radius 1 is 0.800 bits per heavy atom. The Morgan fingerprint density at radius 2 is 1.27 bits per heavy atom. The first-order valence-corrected chi connectivity index (χ1v) is 9.72. The standard InChI is InChI=1S/C11H13ClO3.C11H14O4/c2*1-14-6-3-7-15-10-5-2-4-9(8-10)11(12)13/h2,4-5,8H,3,6-7H2,1H3;2,4-5,8H,3,6-7H2,1H3,(H,12,13). The average Bonchev–Trinajstić information content (AvgIpc) is 2.75. The summed E-state index contributed by atoms with van der Waals surface area (Å²) in [5.74, 6) is 0.279. The molecular formula is C22H27ClO7. The molecule has 0 fully saturated rings. The maximum absolute atomic E-state index is 10.9. The number of aromatic carboxylic acids is 1. The Kier molecular flexibility index (Phi) is 12.9. The lowest BCUT2D eigenvalue weighted by Crippen LogP contribution is -2.02. The highest BCUT2D eigenvalue weighted by Gasteiger charge is 2.04. The van der Waals surface area contributed by atoms with Crippen molar-refractivity contribution in [3.05, 3.63) is 59.7 Å². The molecule has 0 amide bonds. The van der Waals surface area contributed by atoms with Crippen molar-refractivity contribution in [2.75, 3.05) is 40.6 Å². The average molecular weight is 439 g/mol. The second-order valence-corrected chi connectivity index (χ2v) is 6.37. The fourth-order valence-corrected chi connectivity index (χ4v) is 2.33. The zero-order valence-corrected chi connectivity index (χ0v) is 17.9. The third kappa shape index (κ3) is 10.8. The van der Waals surface area contributed by atoms with Gasteiger partial charge in [-0.25, -0.2) is 4.79 Å². The molecule has 0 atom stereocenters. The van der Waals surface area contributed by atoms with Crippen LogP contribution >= 0.6 is 11.6 Å². The fraction of sp³-hybridized carbons (Fsp3) is 0.364. The quantitative estimate of drug-likeness (QED) is 0.390. The van der Waals surface area contributed by atoms with Gasteiger partial charge in [-0.2, -0.15) is 0 Å². The van der Waals surface area contributed by atoms with E-state index in [9.17, 15) is 9.59 Å². The zero-order valence-electron chi connectivity index (χ0n) is 17.1. The molecule has 1 N–H and O–H groups in total. The van der Waals surface area contributed by atoms with Gasteiger partial charge in [-0.3, -0.25) is 4.79 Å². The van der Waals surface area contributed by atoms with E-state index in [2.05, 4.69) is 0 Å². The van der Waals surface area contributed by atoms with E-state index in [-0.39, 0.29) is 5.56 Å².